The minimum Gasteiger partial charge on any atom is -0.481 e. The van der Waals surface area contributed by atoms with E-state index in [1.165, 1.54) is 5.56 Å². The molecule has 0 aromatic heterocycles. The van der Waals surface area contributed by atoms with Crippen LogP contribution in [0.2, 0.25) is 0 Å². The van der Waals surface area contributed by atoms with Gasteiger partial charge in [-0.3, -0.25) is 4.79 Å². The fourth-order valence-electron chi connectivity index (χ4n) is 1.68. The topological polar surface area (TPSA) is 50.4 Å². The molecule has 1 amide bonds. The van der Waals surface area contributed by atoms with Gasteiger partial charge >= 0.3 is 0 Å². The summed E-state index contributed by atoms with van der Waals surface area (Å²) in [6.45, 7) is 11.5. The first-order valence-electron chi connectivity index (χ1n) is 7.10. The molecular weight excluding hydrogens is 252 g/mol. The summed E-state index contributed by atoms with van der Waals surface area (Å²) in [6.07, 6.45) is -0.506. The van der Waals surface area contributed by atoms with Crippen LogP contribution in [0.1, 0.15) is 40.2 Å². The van der Waals surface area contributed by atoms with Crippen LogP contribution in [-0.4, -0.2) is 24.1 Å². The Kier molecular flexibility index (Phi) is 6.02. The average molecular weight is 278 g/mol. The Morgan fingerprint density at radius 2 is 1.85 bits per heavy atom. The Morgan fingerprint density at radius 1 is 1.25 bits per heavy atom. The average Bonchev–Trinajstić information content (AvgIpc) is 2.36. The van der Waals surface area contributed by atoms with Gasteiger partial charge in [0.2, 0.25) is 0 Å². The van der Waals surface area contributed by atoms with Gasteiger partial charge in [0.25, 0.3) is 5.91 Å². The van der Waals surface area contributed by atoms with Crippen LogP contribution in [0.25, 0.3) is 0 Å². The number of carbonyl (C=O) groups excluding carboxylic acids is 1. The molecule has 0 saturated carbocycles. The molecular formula is C16H26N2O2. The van der Waals surface area contributed by atoms with Gasteiger partial charge in [-0.15, -0.1) is 0 Å². The van der Waals surface area contributed by atoms with E-state index in [1.54, 1.807) is 6.92 Å². The molecule has 1 aromatic carbocycles. The van der Waals surface area contributed by atoms with Crippen molar-refractivity contribution in [3.63, 3.8) is 0 Å². The molecule has 0 heterocycles. The summed E-state index contributed by atoms with van der Waals surface area (Å²) in [4.78, 5) is 11.9. The lowest BCUT2D eigenvalue weighted by atomic mass is 10.1. The molecule has 1 atom stereocenters. The standard InChI is InChI=1S/C16H26N2O2/c1-6-17-11-13-7-9-14(10-8-13)20-12(2)15(19)18-16(3,4)5/h7-10,12,17H,6,11H2,1-5H3,(H,18,19). The third-order valence-corrected chi connectivity index (χ3v) is 2.68. The highest BCUT2D eigenvalue weighted by Crippen LogP contribution is 2.14. The maximum atomic E-state index is 11.9. The van der Waals surface area contributed by atoms with Gasteiger partial charge in [-0.1, -0.05) is 19.1 Å². The van der Waals surface area contributed by atoms with Crippen molar-refractivity contribution in [3.8, 4) is 5.75 Å². The molecule has 0 aliphatic carbocycles. The summed E-state index contributed by atoms with van der Waals surface area (Å²) >= 11 is 0. The number of benzene rings is 1. The second kappa shape index (κ2) is 7.29. The van der Waals surface area contributed by atoms with Crippen LogP contribution < -0.4 is 15.4 Å². The lowest BCUT2D eigenvalue weighted by Gasteiger charge is -2.23. The number of amides is 1. The van der Waals surface area contributed by atoms with E-state index >= 15 is 0 Å². The van der Waals surface area contributed by atoms with Gasteiger partial charge in [-0.2, -0.15) is 0 Å². The van der Waals surface area contributed by atoms with E-state index < -0.39 is 6.10 Å². The second-order valence-electron chi connectivity index (χ2n) is 5.92. The molecule has 0 bridgehead atoms. The molecule has 4 nitrogen and oxygen atoms in total. The molecule has 0 aliphatic rings. The number of hydrogen-bond donors (Lipinski definition) is 2. The maximum absolute atomic E-state index is 11.9. The summed E-state index contributed by atoms with van der Waals surface area (Å²) < 4.78 is 5.65. The molecule has 0 aliphatic heterocycles. The first kappa shape index (κ1) is 16.5. The Labute approximate surface area is 121 Å². The summed E-state index contributed by atoms with van der Waals surface area (Å²) in [6, 6.07) is 7.81. The molecule has 0 fully saturated rings. The summed E-state index contributed by atoms with van der Waals surface area (Å²) in [5, 5.41) is 6.17. The summed E-state index contributed by atoms with van der Waals surface area (Å²) in [5.74, 6) is 0.607. The Bertz CT molecular complexity index is 421. The van der Waals surface area contributed by atoms with Gasteiger partial charge in [0.15, 0.2) is 6.10 Å². The molecule has 112 valence electrons. The van der Waals surface area contributed by atoms with Crippen molar-refractivity contribution in [1.29, 1.82) is 0 Å². The third-order valence-electron chi connectivity index (χ3n) is 2.68. The van der Waals surface area contributed by atoms with Crippen molar-refractivity contribution in [2.24, 2.45) is 0 Å². The zero-order valence-electron chi connectivity index (χ0n) is 13.1. The van der Waals surface area contributed by atoms with E-state index in [-0.39, 0.29) is 11.4 Å². The third kappa shape index (κ3) is 6.06. The first-order valence-corrected chi connectivity index (χ1v) is 7.10. The van der Waals surface area contributed by atoms with Gasteiger partial charge in [-0.25, -0.2) is 0 Å². The highest BCUT2D eigenvalue weighted by atomic mass is 16.5. The van der Waals surface area contributed by atoms with Crippen molar-refractivity contribution >= 4 is 5.91 Å². The SMILES string of the molecule is CCNCc1ccc(OC(C)C(=O)NC(C)(C)C)cc1. The normalized spacial score (nSPS) is 12.8. The molecule has 4 heteroatoms. The number of nitrogens with one attached hydrogen (secondary N) is 2. The monoisotopic (exact) mass is 278 g/mol. The minimum absolute atomic E-state index is 0.103. The van der Waals surface area contributed by atoms with Gasteiger partial charge in [0.1, 0.15) is 5.75 Å². The molecule has 1 aromatic rings. The zero-order chi connectivity index (χ0) is 15.2. The van der Waals surface area contributed by atoms with Crippen LogP contribution in [0.3, 0.4) is 0 Å². The van der Waals surface area contributed by atoms with Crippen molar-refractivity contribution in [3.05, 3.63) is 29.8 Å². The Hall–Kier alpha value is -1.55. The molecule has 2 N–H and O–H groups in total. The fraction of sp³-hybridized carbons (Fsp3) is 0.562. The molecule has 0 spiro atoms. The van der Waals surface area contributed by atoms with E-state index in [0.717, 1.165) is 13.1 Å². The molecule has 0 saturated heterocycles. The van der Waals surface area contributed by atoms with Crippen LogP contribution >= 0.6 is 0 Å². The largest absolute Gasteiger partial charge is 0.481 e. The predicted molar refractivity (Wildman–Crippen MR) is 81.8 cm³/mol. The van der Waals surface area contributed by atoms with E-state index in [9.17, 15) is 4.79 Å². The van der Waals surface area contributed by atoms with E-state index in [1.807, 2.05) is 45.0 Å². The highest BCUT2D eigenvalue weighted by molar-refractivity contribution is 5.81. The quantitative estimate of drug-likeness (QED) is 0.840. The predicted octanol–water partition coefficient (Wildman–Crippen LogP) is 2.48. The lowest BCUT2D eigenvalue weighted by Crippen LogP contribution is -2.46. The lowest BCUT2D eigenvalue weighted by molar-refractivity contribution is -0.128. The molecule has 20 heavy (non-hydrogen) atoms. The molecule has 0 radical (unpaired) electrons. The van der Waals surface area contributed by atoms with Crippen LogP contribution in [-0.2, 0) is 11.3 Å². The first-order chi connectivity index (χ1) is 9.31. The van der Waals surface area contributed by atoms with E-state index in [4.69, 9.17) is 4.74 Å². The second-order valence-corrected chi connectivity index (χ2v) is 5.92. The zero-order valence-corrected chi connectivity index (χ0v) is 13.1. The van der Waals surface area contributed by atoms with Crippen molar-refractivity contribution in [2.75, 3.05) is 6.54 Å². The Balaban J connectivity index is 2.53. The van der Waals surface area contributed by atoms with Crippen LogP contribution in [0, 0.1) is 0 Å². The number of hydrogen-bond acceptors (Lipinski definition) is 3. The number of ether oxygens (including phenoxy) is 1. The van der Waals surface area contributed by atoms with Gasteiger partial charge in [0, 0.05) is 12.1 Å². The van der Waals surface area contributed by atoms with E-state index in [2.05, 4.69) is 17.6 Å². The van der Waals surface area contributed by atoms with E-state index in [0.29, 0.717) is 5.75 Å². The molecule has 1 rings (SSSR count). The van der Waals surface area contributed by atoms with Crippen LogP contribution in [0.5, 0.6) is 5.75 Å². The Morgan fingerprint density at radius 3 is 2.35 bits per heavy atom. The fourth-order valence-corrected chi connectivity index (χ4v) is 1.68. The summed E-state index contributed by atoms with van der Waals surface area (Å²) in [5.41, 5.74) is 0.954. The number of rotatable bonds is 6. The maximum Gasteiger partial charge on any atom is 0.261 e. The smallest absolute Gasteiger partial charge is 0.261 e. The highest BCUT2D eigenvalue weighted by Gasteiger charge is 2.20. The summed E-state index contributed by atoms with van der Waals surface area (Å²) in [7, 11) is 0. The number of carbonyl (C=O) groups is 1. The minimum atomic E-state index is -0.506. The van der Waals surface area contributed by atoms with Crippen molar-refractivity contribution in [1.82, 2.24) is 10.6 Å². The van der Waals surface area contributed by atoms with Crippen molar-refractivity contribution < 1.29 is 9.53 Å². The van der Waals surface area contributed by atoms with Gasteiger partial charge in [-0.05, 0) is 51.9 Å². The van der Waals surface area contributed by atoms with Crippen LogP contribution in [0.4, 0.5) is 0 Å². The van der Waals surface area contributed by atoms with Crippen molar-refractivity contribution in [2.45, 2.75) is 52.8 Å². The molecule has 1 unspecified atom stereocenters. The van der Waals surface area contributed by atoms with Gasteiger partial charge in [0.05, 0.1) is 0 Å². The van der Waals surface area contributed by atoms with Crippen LogP contribution in [0.15, 0.2) is 24.3 Å². The van der Waals surface area contributed by atoms with Gasteiger partial charge < -0.3 is 15.4 Å².